The number of aliphatic hydroxyl groups is 1. The molecule has 0 aliphatic rings. The zero-order chi connectivity index (χ0) is 13.9. The van der Waals surface area contributed by atoms with Gasteiger partial charge in [0.25, 0.3) is 5.91 Å². The second-order valence-corrected chi connectivity index (χ2v) is 5.39. The number of nitrogens with one attached hydrogen (secondary N) is 1. The van der Waals surface area contributed by atoms with Crippen LogP contribution >= 0.6 is 11.3 Å². The van der Waals surface area contributed by atoms with E-state index in [2.05, 4.69) is 5.32 Å². The van der Waals surface area contributed by atoms with Crippen LogP contribution in [-0.2, 0) is 5.60 Å². The van der Waals surface area contributed by atoms with Gasteiger partial charge >= 0.3 is 0 Å². The standard InChI is InChI=1S/C14H14FNO2S/c1-14(18,12-6-3-7-19-12)9-16-13(17)10-4-2-5-11(15)8-10/h2-8,18H,9H2,1H3,(H,16,17). The summed E-state index contributed by atoms with van der Waals surface area (Å²) in [5.41, 5.74) is -0.890. The first kappa shape index (κ1) is 13.7. The van der Waals surface area contributed by atoms with E-state index in [1.54, 1.807) is 13.0 Å². The van der Waals surface area contributed by atoms with Crippen molar-refractivity contribution in [1.82, 2.24) is 5.32 Å². The number of hydrogen-bond acceptors (Lipinski definition) is 3. The number of hydrogen-bond donors (Lipinski definition) is 2. The summed E-state index contributed by atoms with van der Waals surface area (Å²) in [5.74, 6) is -0.867. The van der Waals surface area contributed by atoms with Crippen molar-refractivity contribution in [2.75, 3.05) is 6.54 Å². The van der Waals surface area contributed by atoms with Crippen LogP contribution in [0.4, 0.5) is 4.39 Å². The molecule has 100 valence electrons. The van der Waals surface area contributed by atoms with Crippen molar-refractivity contribution < 1.29 is 14.3 Å². The predicted octanol–water partition coefficient (Wildman–Crippen LogP) is 2.52. The second-order valence-electron chi connectivity index (χ2n) is 4.44. The zero-order valence-corrected chi connectivity index (χ0v) is 11.2. The molecule has 0 saturated heterocycles. The normalized spacial score (nSPS) is 13.8. The van der Waals surface area contributed by atoms with E-state index in [4.69, 9.17) is 0 Å². The molecule has 0 saturated carbocycles. The Bertz CT molecular complexity index is 567. The van der Waals surface area contributed by atoms with Crippen LogP contribution in [-0.4, -0.2) is 17.6 Å². The van der Waals surface area contributed by atoms with Crippen molar-refractivity contribution in [2.24, 2.45) is 0 Å². The van der Waals surface area contributed by atoms with E-state index in [0.29, 0.717) is 0 Å². The molecule has 19 heavy (non-hydrogen) atoms. The Labute approximate surface area is 114 Å². The minimum Gasteiger partial charge on any atom is -0.383 e. The van der Waals surface area contributed by atoms with Crippen LogP contribution in [0.15, 0.2) is 41.8 Å². The summed E-state index contributed by atoms with van der Waals surface area (Å²) >= 11 is 1.42. The van der Waals surface area contributed by atoms with Crippen LogP contribution in [0.2, 0.25) is 0 Å². The van der Waals surface area contributed by atoms with E-state index in [1.807, 2.05) is 11.4 Å². The fourth-order valence-electron chi connectivity index (χ4n) is 1.66. The van der Waals surface area contributed by atoms with E-state index in [0.717, 1.165) is 10.9 Å². The van der Waals surface area contributed by atoms with Gasteiger partial charge in [-0.05, 0) is 36.6 Å². The highest BCUT2D eigenvalue weighted by molar-refractivity contribution is 7.10. The highest BCUT2D eigenvalue weighted by Crippen LogP contribution is 2.24. The molecule has 0 aliphatic heterocycles. The zero-order valence-electron chi connectivity index (χ0n) is 10.4. The van der Waals surface area contributed by atoms with Gasteiger partial charge in [-0.15, -0.1) is 11.3 Å². The Hall–Kier alpha value is -1.72. The molecule has 0 bridgehead atoms. The number of carbonyl (C=O) groups is 1. The molecular formula is C14H14FNO2S. The number of carbonyl (C=O) groups excluding carboxylic acids is 1. The van der Waals surface area contributed by atoms with Crippen LogP contribution in [0, 0.1) is 5.82 Å². The number of halogens is 1. The third kappa shape index (κ3) is 3.39. The Balaban J connectivity index is 2.01. The van der Waals surface area contributed by atoms with Gasteiger partial charge in [0.05, 0.1) is 6.54 Å². The van der Waals surface area contributed by atoms with Crippen molar-refractivity contribution in [3.8, 4) is 0 Å². The average Bonchev–Trinajstić information content (AvgIpc) is 2.90. The van der Waals surface area contributed by atoms with E-state index >= 15 is 0 Å². The summed E-state index contributed by atoms with van der Waals surface area (Å²) < 4.78 is 13.0. The largest absolute Gasteiger partial charge is 0.383 e. The number of amides is 1. The summed E-state index contributed by atoms with van der Waals surface area (Å²) in [6.45, 7) is 1.70. The molecule has 0 fully saturated rings. The van der Waals surface area contributed by atoms with Gasteiger partial charge in [-0.2, -0.15) is 0 Å². The molecule has 1 unspecified atom stereocenters. The van der Waals surface area contributed by atoms with E-state index in [9.17, 15) is 14.3 Å². The van der Waals surface area contributed by atoms with Gasteiger partial charge in [-0.25, -0.2) is 4.39 Å². The molecule has 2 aromatic rings. The molecule has 2 rings (SSSR count). The highest BCUT2D eigenvalue weighted by Gasteiger charge is 2.25. The van der Waals surface area contributed by atoms with Gasteiger partial charge in [0.1, 0.15) is 11.4 Å². The molecule has 1 amide bonds. The Morgan fingerprint density at radius 2 is 2.21 bits per heavy atom. The maximum atomic E-state index is 13.0. The molecule has 1 atom stereocenters. The van der Waals surface area contributed by atoms with Gasteiger partial charge in [0, 0.05) is 10.4 Å². The Morgan fingerprint density at radius 3 is 2.84 bits per heavy atom. The molecule has 2 N–H and O–H groups in total. The van der Waals surface area contributed by atoms with Crippen LogP contribution in [0.3, 0.4) is 0 Å². The van der Waals surface area contributed by atoms with Gasteiger partial charge < -0.3 is 10.4 Å². The molecule has 0 radical (unpaired) electrons. The molecule has 1 aromatic heterocycles. The van der Waals surface area contributed by atoms with Gasteiger partial charge in [-0.3, -0.25) is 4.79 Å². The first-order valence-corrected chi connectivity index (χ1v) is 6.67. The fourth-order valence-corrected chi connectivity index (χ4v) is 2.44. The quantitative estimate of drug-likeness (QED) is 0.903. The lowest BCUT2D eigenvalue weighted by Gasteiger charge is -2.22. The lowest BCUT2D eigenvalue weighted by atomic mass is 10.1. The van der Waals surface area contributed by atoms with Crippen LogP contribution in [0.1, 0.15) is 22.2 Å². The van der Waals surface area contributed by atoms with Crippen molar-refractivity contribution in [2.45, 2.75) is 12.5 Å². The number of benzene rings is 1. The third-order valence-electron chi connectivity index (χ3n) is 2.73. The van der Waals surface area contributed by atoms with Crippen molar-refractivity contribution in [1.29, 1.82) is 0 Å². The van der Waals surface area contributed by atoms with Crippen LogP contribution in [0.25, 0.3) is 0 Å². The van der Waals surface area contributed by atoms with Crippen molar-refractivity contribution in [3.63, 3.8) is 0 Å². The molecule has 1 aromatic carbocycles. The summed E-state index contributed by atoms with van der Waals surface area (Å²) in [6.07, 6.45) is 0. The number of thiophene rings is 1. The van der Waals surface area contributed by atoms with Crippen LogP contribution in [0.5, 0.6) is 0 Å². The van der Waals surface area contributed by atoms with E-state index in [-0.39, 0.29) is 12.1 Å². The minimum absolute atomic E-state index is 0.0723. The summed E-state index contributed by atoms with van der Waals surface area (Å²) in [6, 6.07) is 9.08. The Morgan fingerprint density at radius 1 is 1.42 bits per heavy atom. The van der Waals surface area contributed by atoms with Gasteiger partial charge in [0.15, 0.2) is 0 Å². The average molecular weight is 279 g/mol. The first-order valence-electron chi connectivity index (χ1n) is 5.79. The molecule has 0 aliphatic carbocycles. The monoisotopic (exact) mass is 279 g/mol. The summed E-state index contributed by atoms with van der Waals surface area (Å²) in [4.78, 5) is 12.6. The second kappa shape index (κ2) is 5.50. The SMILES string of the molecule is CC(O)(CNC(=O)c1cccc(F)c1)c1cccs1. The Kier molecular flexibility index (Phi) is 3.97. The first-order chi connectivity index (χ1) is 8.99. The molecule has 5 heteroatoms. The highest BCUT2D eigenvalue weighted by atomic mass is 32.1. The smallest absolute Gasteiger partial charge is 0.251 e. The third-order valence-corrected chi connectivity index (χ3v) is 3.85. The topological polar surface area (TPSA) is 49.3 Å². The predicted molar refractivity (Wildman–Crippen MR) is 72.6 cm³/mol. The summed E-state index contributed by atoms with van der Waals surface area (Å²) in [5, 5.41) is 14.7. The van der Waals surface area contributed by atoms with Crippen molar-refractivity contribution in [3.05, 3.63) is 58.0 Å². The maximum absolute atomic E-state index is 13.0. The van der Waals surface area contributed by atoms with E-state index < -0.39 is 17.3 Å². The summed E-state index contributed by atoms with van der Waals surface area (Å²) in [7, 11) is 0. The fraction of sp³-hybridized carbons (Fsp3) is 0.214. The van der Waals surface area contributed by atoms with E-state index in [1.165, 1.54) is 29.5 Å². The van der Waals surface area contributed by atoms with Gasteiger partial charge in [-0.1, -0.05) is 12.1 Å². The van der Waals surface area contributed by atoms with Crippen molar-refractivity contribution >= 4 is 17.2 Å². The lowest BCUT2D eigenvalue weighted by Crippen LogP contribution is -2.38. The lowest BCUT2D eigenvalue weighted by molar-refractivity contribution is 0.0556. The van der Waals surface area contributed by atoms with Gasteiger partial charge in [0.2, 0.25) is 0 Å². The molecule has 3 nitrogen and oxygen atoms in total. The maximum Gasteiger partial charge on any atom is 0.251 e. The molecule has 0 spiro atoms. The minimum atomic E-state index is -1.13. The number of rotatable bonds is 4. The molecular weight excluding hydrogens is 265 g/mol. The van der Waals surface area contributed by atoms with Crippen LogP contribution < -0.4 is 5.32 Å². The molecule has 1 heterocycles.